The third-order valence-corrected chi connectivity index (χ3v) is 8.24. The highest BCUT2D eigenvalue weighted by molar-refractivity contribution is 5.98. The van der Waals surface area contributed by atoms with Gasteiger partial charge in [0.25, 0.3) is 0 Å². The predicted octanol–water partition coefficient (Wildman–Crippen LogP) is 1.96. The van der Waals surface area contributed by atoms with Crippen LogP contribution in [0.15, 0.2) is 25.3 Å². The first-order valence-corrected chi connectivity index (χ1v) is 14.3. The fourth-order valence-electron chi connectivity index (χ4n) is 6.31. The number of amides is 3. The molecule has 2 N–H and O–H groups in total. The molecule has 7 atom stereocenters. The molecule has 3 aliphatic rings. The van der Waals surface area contributed by atoms with Crippen molar-refractivity contribution in [2.24, 2.45) is 11.8 Å². The van der Waals surface area contributed by atoms with Crippen molar-refractivity contribution < 1.29 is 33.8 Å². The number of carbonyl (C=O) groups is 4. The van der Waals surface area contributed by atoms with Crippen LogP contribution in [0.3, 0.4) is 0 Å². The zero-order valence-electron chi connectivity index (χ0n) is 23.6. The van der Waals surface area contributed by atoms with Crippen LogP contribution in [0.1, 0.15) is 65.7 Å². The Kier molecular flexibility index (Phi) is 10.7. The van der Waals surface area contributed by atoms with Crippen molar-refractivity contribution >= 4 is 23.7 Å². The van der Waals surface area contributed by atoms with E-state index in [0.717, 1.165) is 12.8 Å². The van der Waals surface area contributed by atoms with Gasteiger partial charge in [-0.3, -0.25) is 19.2 Å². The van der Waals surface area contributed by atoms with Crippen LogP contribution in [-0.4, -0.2) is 94.7 Å². The molecule has 2 bridgehead atoms. The number of nitrogens with zero attached hydrogens (tertiary/aromatic N) is 2. The maximum Gasteiger partial charge on any atom is 0.312 e. The van der Waals surface area contributed by atoms with E-state index in [9.17, 15) is 24.3 Å². The Morgan fingerprint density at radius 3 is 2.67 bits per heavy atom. The summed E-state index contributed by atoms with van der Waals surface area (Å²) in [5, 5.41) is 12.9. The van der Waals surface area contributed by atoms with Crippen LogP contribution < -0.4 is 5.32 Å². The number of carbonyl (C=O) groups excluding carboxylic acids is 4. The van der Waals surface area contributed by atoms with E-state index in [2.05, 4.69) is 18.5 Å². The molecule has 0 radical (unpaired) electrons. The van der Waals surface area contributed by atoms with Crippen molar-refractivity contribution in [1.82, 2.24) is 15.1 Å². The fourth-order valence-corrected chi connectivity index (χ4v) is 6.31. The SMILES string of the molecule is C=CCCC(=O)NC[C@H](C)OC(=O)[C@@H]1[C@H]2C(=O)N([C@@H](CC)CO)[C@H](C(=O)N(CC=C)CCCC)[C@]23CC[C@H]1O3. The number of esters is 1. The van der Waals surface area contributed by atoms with Gasteiger partial charge in [0.1, 0.15) is 17.7 Å². The van der Waals surface area contributed by atoms with Crippen LogP contribution in [0, 0.1) is 11.8 Å². The molecule has 0 saturated carbocycles. The first-order valence-electron chi connectivity index (χ1n) is 14.3. The van der Waals surface area contributed by atoms with Crippen molar-refractivity contribution in [3.8, 4) is 0 Å². The highest BCUT2D eigenvalue weighted by atomic mass is 16.6. The quantitative estimate of drug-likeness (QED) is 0.224. The minimum Gasteiger partial charge on any atom is -0.460 e. The number of allylic oxidation sites excluding steroid dienone is 1. The van der Waals surface area contributed by atoms with E-state index in [0.29, 0.717) is 45.2 Å². The van der Waals surface area contributed by atoms with Gasteiger partial charge in [0.05, 0.1) is 37.1 Å². The molecule has 3 aliphatic heterocycles. The molecule has 10 heteroatoms. The minimum atomic E-state index is -1.15. The van der Waals surface area contributed by atoms with Gasteiger partial charge in [-0.1, -0.05) is 32.4 Å². The highest BCUT2D eigenvalue weighted by Gasteiger charge is 2.75. The maximum atomic E-state index is 14.1. The van der Waals surface area contributed by atoms with Gasteiger partial charge in [-0.15, -0.1) is 13.2 Å². The molecular weight excluding hydrogens is 502 g/mol. The van der Waals surface area contributed by atoms with E-state index in [1.54, 1.807) is 24.0 Å². The van der Waals surface area contributed by atoms with Crippen LogP contribution in [0.4, 0.5) is 0 Å². The number of nitrogens with one attached hydrogen (secondary N) is 1. The van der Waals surface area contributed by atoms with Gasteiger partial charge in [0.15, 0.2) is 0 Å². The number of ether oxygens (including phenoxy) is 2. The summed E-state index contributed by atoms with van der Waals surface area (Å²) in [5.41, 5.74) is -1.15. The number of aliphatic hydroxyl groups is 1. The van der Waals surface area contributed by atoms with Gasteiger partial charge in [-0.25, -0.2) is 0 Å². The largest absolute Gasteiger partial charge is 0.460 e. The lowest BCUT2D eigenvalue weighted by molar-refractivity contribution is -0.160. The topological polar surface area (TPSA) is 125 Å². The zero-order valence-corrected chi connectivity index (χ0v) is 23.6. The lowest BCUT2D eigenvalue weighted by Crippen LogP contribution is -2.58. The number of likely N-dealkylation sites (tertiary alicyclic amines) is 1. The minimum absolute atomic E-state index is 0.146. The highest BCUT2D eigenvalue weighted by Crippen LogP contribution is 2.59. The molecule has 39 heavy (non-hydrogen) atoms. The Balaban J connectivity index is 1.86. The van der Waals surface area contributed by atoms with Gasteiger partial charge in [0.2, 0.25) is 17.7 Å². The van der Waals surface area contributed by atoms with Gasteiger partial charge in [0, 0.05) is 19.5 Å². The molecule has 218 valence electrons. The predicted molar refractivity (Wildman–Crippen MR) is 145 cm³/mol. The molecule has 3 heterocycles. The Bertz CT molecular complexity index is 936. The number of unbranched alkanes of at least 4 members (excludes halogenated alkanes) is 1. The van der Waals surface area contributed by atoms with Gasteiger partial charge >= 0.3 is 5.97 Å². The Morgan fingerprint density at radius 1 is 1.31 bits per heavy atom. The van der Waals surface area contributed by atoms with Crippen LogP contribution in [0.5, 0.6) is 0 Å². The monoisotopic (exact) mass is 547 g/mol. The lowest BCUT2D eigenvalue weighted by atomic mass is 9.70. The maximum absolute atomic E-state index is 14.1. The van der Waals surface area contributed by atoms with Crippen LogP contribution >= 0.6 is 0 Å². The summed E-state index contributed by atoms with van der Waals surface area (Å²) in [5.74, 6) is -3.04. The van der Waals surface area contributed by atoms with Crippen molar-refractivity contribution in [2.45, 2.75) is 95.6 Å². The third-order valence-electron chi connectivity index (χ3n) is 8.24. The van der Waals surface area contributed by atoms with E-state index in [4.69, 9.17) is 9.47 Å². The number of rotatable bonds is 16. The molecule has 0 unspecified atom stereocenters. The van der Waals surface area contributed by atoms with Crippen LogP contribution in [0.2, 0.25) is 0 Å². The summed E-state index contributed by atoms with van der Waals surface area (Å²) in [4.78, 5) is 56.7. The second-order valence-electron chi connectivity index (χ2n) is 10.9. The van der Waals surface area contributed by atoms with Crippen molar-refractivity contribution in [1.29, 1.82) is 0 Å². The average molecular weight is 548 g/mol. The van der Waals surface area contributed by atoms with Crippen molar-refractivity contribution in [2.75, 3.05) is 26.2 Å². The van der Waals surface area contributed by atoms with Crippen LogP contribution in [0.25, 0.3) is 0 Å². The van der Waals surface area contributed by atoms with Gasteiger partial charge < -0.3 is 29.7 Å². The zero-order chi connectivity index (χ0) is 28.7. The summed E-state index contributed by atoms with van der Waals surface area (Å²) in [6.45, 7) is 13.7. The number of hydrogen-bond acceptors (Lipinski definition) is 7. The molecule has 1 spiro atoms. The summed E-state index contributed by atoms with van der Waals surface area (Å²) in [6, 6.07) is -1.51. The smallest absolute Gasteiger partial charge is 0.312 e. The average Bonchev–Trinajstić information content (AvgIpc) is 3.56. The Labute approximate surface area is 231 Å². The molecule has 3 rings (SSSR count). The Hall–Kier alpha value is -2.72. The molecular formula is C29H45N3O7. The molecule has 0 aromatic carbocycles. The van der Waals surface area contributed by atoms with Crippen molar-refractivity contribution in [3.05, 3.63) is 25.3 Å². The fraction of sp³-hybridized carbons (Fsp3) is 0.724. The molecule has 3 amide bonds. The van der Waals surface area contributed by atoms with E-state index >= 15 is 0 Å². The summed E-state index contributed by atoms with van der Waals surface area (Å²) in [6.07, 6.45) is 6.19. The number of aliphatic hydroxyl groups excluding tert-OH is 1. The first-order chi connectivity index (χ1) is 18.7. The van der Waals surface area contributed by atoms with E-state index in [1.165, 1.54) is 4.90 Å². The van der Waals surface area contributed by atoms with E-state index in [-0.39, 0.29) is 30.9 Å². The number of fused-ring (bicyclic) bond motifs is 1. The molecule has 0 aromatic rings. The standard InChI is InChI=1S/C29H45N3O7/c1-6-10-12-22(34)30-17-19(5)38-28(37)23-21-13-14-29(39-21)24(23)26(35)32(20(9-4)18-33)25(29)27(36)31(15-8-3)16-11-7-2/h6,8,19-21,23-25,33H,1,3,7,9-18H2,2,4-5H3,(H,30,34)/t19-,20-,21+,23-,24-,25+,29-/m0/s1. The van der Waals surface area contributed by atoms with Gasteiger partial charge in [-0.05, 0) is 39.0 Å². The second kappa shape index (κ2) is 13.6. The summed E-state index contributed by atoms with van der Waals surface area (Å²) in [7, 11) is 0. The number of hydrogen-bond donors (Lipinski definition) is 2. The third kappa shape index (κ3) is 6.06. The summed E-state index contributed by atoms with van der Waals surface area (Å²) >= 11 is 0. The molecule has 0 aromatic heterocycles. The molecule has 10 nitrogen and oxygen atoms in total. The van der Waals surface area contributed by atoms with E-state index < -0.39 is 47.7 Å². The first kappa shape index (κ1) is 30.8. The summed E-state index contributed by atoms with van der Waals surface area (Å²) < 4.78 is 12.1. The van der Waals surface area contributed by atoms with E-state index in [1.807, 2.05) is 13.8 Å². The normalized spacial score (nSPS) is 28.5. The van der Waals surface area contributed by atoms with Crippen molar-refractivity contribution in [3.63, 3.8) is 0 Å². The second-order valence-corrected chi connectivity index (χ2v) is 10.9. The Morgan fingerprint density at radius 2 is 2.05 bits per heavy atom. The molecule has 0 aliphatic carbocycles. The van der Waals surface area contributed by atoms with Gasteiger partial charge in [-0.2, -0.15) is 0 Å². The van der Waals surface area contributed by atoms with Crippen LogP contribution in [-0.2, 0) is 28.7 Å². The lowest BCUT2D eigenvalue weighted by Gasteiger charge is -2.39. The molecule has 3 fully saturated rings. The molecule has 3 saturated heterocycles.